The van der Waals surface area contributed by atoms with E-state index in [4.69, 9.17) is 14.2 Å². The van der Waals surface area contributed by atoms with Crippen LogP contribution in [-0.4, -0.2) is 52.5 Å². The molecule has 0 saturated heterocycles. The predicted molar refractivity (Wildman–Crippen MR) is 89.0 cm³/mol. The van der Waals surface area contributed by atoms with Crippen LogP contribution in [0.25, 0.3) is 0 Å². The second kappa shape index (κ2) is 11.7. The third kappa shape index (κ3) is 7.73. The van der Waals surface area contributed by atoms with E-state index < -0.39 is 0 Å². The van der Waals surface area contributed by atoms with Crippen LogP contribution in [0.4, 0.5) is 0 Å². The second-order valence-electron chi connectivity index (χ2n) is 4.41. The van der Waals surface area contributed by atoms with Crippen molar-refractivity contribution in [3.8, 4) is 11.5 Å². The highest BCUT2D eigenvalue weighted by atomic mass is 16.5. The molecule has 0 heterocycles. The summed E-state index contributed by atoms with van der Waals surface area (Å²) < 4.78 is 16.0. The highest BCUT2D eigenvalue weighted by Gasteiger charge is 1.98. The highest BCUT2D eigenvalue weighted by Crippen LogP contribution is 2.16. The first-order chi connectivity index (χ1) is 10.8. The molecule has 0 amide bonds. The first-order valence-electron chi connectivity index (χ1n) is 7.67. The molecule has 0 aliphatic carbocycles. The minimum Gasteiger partial charge on any atom is -0.497 e. The van der Waals surface area contributed by atoms with Gasteiger partial charge in [-0.15, -0.1) is 0 Å². The molecule has 0 aliphatic heterocycles. The molecule has 0 aromatic heterocycles. The van der Waals surface area contributed by atoms with E-state index in [1.54, 1.807) is 7.11 Å². The molecule has 0 radical (unpaired) electrons. The van der Waals surface area contributed by atoms with Crippen LogP contribution in [0.1, 0.15) is 13.8 Å². The van der Waals surface area contributed by atoms with Gasteiger partial charge >= 0.3 is 0 Å². The zero-order chi connectivity index (χ0) is 16.0. The summed E-state index contributed by atoms with van der Waals surface area (Å²) in [6, 6.07) is 7.53. The number of rotatable bonds is 10. The summed E-state index contributed by atoms with van der Waals surface area (Å²) in [7, 11) is 1.65. The van der Waals surface area contributed by atoms with Gasteiger partial charge in [0.2, 0.25) is 0 Å². The maximum absolute atomic E-state index is 5.65. The molecule has 0 spiro atoms. The normalized spacial score (nSPS) is 11.1. The average Bonchev–Trinajstić information content (AvgIpc) is 2.56. The number of ether oxygens (including phenoxy) is 3. The van der Waals surface area contributed by atoms with Crippen LogP contribution in [0.3, 0.4) is 0 Å². The van der Waals surface area contributed by atoms with Crippen LogP contribution >= 0.6 is 0 Å². The Hall–Kier alpha value is -1.95. The summed E-state index contributed by atoms with van der Waals surface area (Å²) >= 11 is 0. The molecule has 124 valence electrons. The molecule has 6 heteroatoms. The lowest BCUT2D eigenvalue weighted by molar-refractivity contribution is 0.155. The van der Waals surface area contributed by atoms with Gasteiger partial charge < -0.3 is 24.8 Å². The van der Waals surface area contributed by atoms with Crippen molar-refractivity contribution in [2.45, 2.75) is 13.8 Å². The van der Waals surface area contributed by atoms with E-state index in [0.29, 0.717) is 26.3 Å². The molecule has 0 bridgehead atoms. The van der Waals surface area contributed by atoms with Crippen molar-refractivity contribution >= 4 is 5.96 Å². The van der Waals surface area contributed by atoms with Gasteiger partial charge in [0.05, 0.1) is 26.8 Å². The minimum atomic E-state index is 0.558. The van der Waals surface area contributed by atoms with Gasteiger partial charge in [0.1, 0.15) is 18.1 Å². The number of nitrogens with one attached hydrogen (secondary N) is 2. The Labute approximate surface area is 132 Å². The maximum Gasteiger partial charge on any atom is 0.191 e. The Kier molecular flexibility index (Phi) is 9.61. The summed E-state index contributed by atoms with van der Waals surface area (Å²) in [5.74, 6) is 2.42. The van der Waals surface area contributed by atoms with E-state index in [1.807, 2.05) is 38.1 Å². The Morgan fingerprint density at radius 1 is 1.05 bits per heavy atom. The van der Waals surface area contributed by atoms with E-state index in [-0.39, 0.29) is 0 Å². The number of nitrogens with zero attached hydrogens (tertiary/aromatic N) is 1. The third-order valence-corrected chi connectivity index (χ3v) is 2.78. The van der Waals surface area contributed by atoms with Gasteiger partial charge in [0, 0.05) is 13.2 Å². The zero-order valence-corrected chi connectivity index (χ0v) is 13.7. The van der Waals surface area contributed by atoms with E-state index in [1.165, 1.54) is 0 Å². The SMILES string of the molecule is CCNC(=NCCOCC)NCCOc1ccc(OC)cc1. The van der Waals surface area contributed by atoms with Crippen LogP contribution in [0, 0.1) is 0 Å². The molecular weight excluding hydrogens is 282 g/mol. The Morgan fingerprint density at radius 3 is 2.41 bits per heavy atom. The van der Waals surface area contributed by atoms with Gasteiger partial charge in [-0.25, -0.2) is 0 Å². The fraction of sp³-hybridized carbons (Fsp3) is 0.562. The number of hydrogen-bond acceptors (Lipinski definition) is 4. The Bertz CT molecular complexity index is 421. The van der Waals surface area contributed by atoms with E-state index in [2.05, 4.69) is 15.6 Å². The third-order valence-electron chi connectivity index (χ3n) is 2.78. The standard InChI is InChI=1S/C16H27N3O3/c1-4-17-16(18-10-12-21-5-2)19-11-13-22-15-8-6-14(20-3)7-9-15/h6-9H,4-5,10-13H2,1-3H3,(H2,17,18,19). The van der Waals surface area contributed by atoms with Crippen molar-refractivity contribution in [3.05, 3.63) is 24.3 Å². The lowest BCUT2D eigenvalue weighted by Crippen LogP contribution is -2.39. The number of aliphatic imine (C=N–C) groups is 1. The number of hydrogen-bond donors (Lipinski definition) is 2. The topological polar surface area (TPSA) is 64.1 Å². The largest absolute Gasteiger partial charge is 0.497 e. The summed E-state index contributed by atoms with van der Waals surface area (Å²) in [5.41, 5.74) is 0. The molecule has 2 N–H and O–H groups in total. The summed E-state index contributed by atoms with van der Waals surface area (Å²) in [6.45, 7) is 8.05. The number of guanidine groups is 1. The quantitative estimate of drug-likeness (QED) is 0.391. The van der Waals surface area contributed by atoms with Crippen molar-refractivity contribution in [1.82, 2.24) is 10.6 Å². The molecule has 0 saturated carbocycles. The predicted octanol–water partition coefficient (Wildman–Crippen LogP) is 1.67. The van der Waals surface area contributed by atoms with Gasteiger partial charge in [-0.3, -0.25) is 4.99 Å². The molecule has 22 heavy (non-hydrogen) atoms. The molecule has 0 fully saturated rings. The number of benzene rings is 1. The second-order valence-corrected chi connectivity index (χ2v) is 4.41. The molecule has 6 nitrogen and oxygen atoms in total. The molecular formula is C16H27N3O3. The number of methoxy groups -OCH3 is 1. The van der Waals surface area contributed by atoms with E-state index in [0.717, 1.165) is 30.6 Å². The first-order valence-corrected chi connectivity index (χ1v) is 7.67. The zero-order valence-electron chi connectivity index (χ0n) is 13.7. The van der Waals surface area contributed by atoms with Gasteiger partial charge in [-0.1, -0.05) is 0 Å². The first kappa shape index (κ1) is 18.1. The monoisotopic (exact) mass is 309 g/mol. The van der Waals surface area contributed by atoms with Crippen molar-refractivity contribution in [2.24, 2.45) is 4.99 Å². The molecule has 0 unspecified atom stereocenters. The summed E-state index contributed by atoms with van der Waals surface area (Å²) in [5, 5.41) is 6.41. The van der Waals surface area contributed by atoms with Crippen LogP contribution in [0.5, 0.6) is 11.5 Å². The van der Waals surface area contributed by atoms with Gasteiger partial charge in [-0.05, 0) is 38.1 Å². The van der Waals surface area contributed by atoms with Crippen LogP contribution in [-0.2, 0) is 4.74 Å². The Morgan fingerprint density at radius 2 is 1.77 bits per heavy atom. The Balaban J connectivity index is 2.26. The molecule has 1 aromatic carbocycles. The minimum absolute atomic E-state index is 0.558. The lowest BCUT2D eigenvalue weighted by atomic mass is 10.3. The molecule has 1 rings (SSSR count). The van der Waals surface area contributed by atoms with Crippen LogP contribution < -0.4 is 20.1 Å². The smallest absolute Gasteiger partial charge is 0.191 e. The van der Waals surface area contributed by atoms with Gasteiger partial charge in [0.15, 0.2) is 5.96 Å². The van der Waals surface area contributed by atoms with Crippen molar-refractivity contribution < 1.29 is 14.2 Å². The van der Waals surface area contributed by atoms with Crippen molar-refractivity contribution in [2.75, 3.05) is 46.6 Å². The average molecular weight is 309 g/mol. The van der Waals surface area contributed by atoms with Crippen LogP contribution in [0.15, 0.2) is 29.3 Å². The molecule has 0 aliphatic rings. The van der Waals surface area contributed by atoms with Gasteiger partial charge in [0.25, 0.3) is 0 Å². The van der Waals surface area contributed by atoms with Crippen molar-refractivity contribution in [3.63, 3.8) is 0 Å². The maximum atomic E-state index is 5.65. The lowest BCUT2D eigenvalue weighted by Gasteiger charge is -2.12. The summed E-state index contributed by atoms with van der Waals surface area (Å²) in [6.07, 6.45) is 0. The molecule has 1 aromatic rings. The molecule has 0 atom stereocenters. The van der Waals surface area contributed by atoms with E-state index >= 15 is 0 Å². The van der Waals surface area contributed by atoms with E-state index in [9.17, 15) is 0 Å². The fourth-order valence-electron chi connectivity index (χ4n) is 1.72. The van der Waals surface area contributed by atoms with Crippen LogP contribution in [0.2, 0.25) is 0 Å². The van der Waals surface area contributed by atoms with Gasteiger partial charge in [-0.2, -0.15) is 0 Å². The summed E-state index contributed by atoms with van der Waals surface area (Å²) in [4.78, 5) is 4.42. The van der Waals surface area contributed by atoms with Crippen molar-refractivity contribution in [1.29, 1.82) is 0 Å². The highest BCUT2D eigenvalue weighted by molar-refractivity contribution is 5.79. The fourth-order valence-corrected chi connectivity index (χ4v) is 1.72.